The third kappa shape index (κ3) is 5.55. The number of fused-ring (bicyclic) bond motifs is 1. The smallest absolute Gasteiger partial charge is 0.457 e. The van der Waals surface area contributed by atoms with E-state index in [-0.39, 0.29) is 17.7 Å². The monoisotopic (exact) mass is 467 g/mol. The van der Waals surface area contributed by atoms with Crippen LogP contribution in [0.25, 0.3) is 10.8 Å². The summed E-state index contributed by atoms with van der Waals surface area (Å²) in [6, 6.07) is 20.5. The van der Waals surface area contributed by atoms with E-state index in [9.17, 15) is 18.0 Å². The minimum atomic E-state index is -4.76. The second kappa shape index (κ2) is 9.30. The SMILES string of the molecule is CC(NC(=O)c1ccc2c(Oc3ccc(OC(F)(F)F)cc3)cccc2c1)c1cccc(N)n1. The van der Waals surface area contributed by atoms with Crippen molar-refractivity contribution in [2.75, 3.05) is 5.73 Å². The summed E-state index contributed by atoms with van der Waals surface area (Å²) in [7, 11) is 0. The lowest BCUT2D eigenvalue weighted by molar-refractivity contribution is -0.274. The zero-order chi connectivity index (χ0) is 24.3. The summed E-state index contributed by atoms with van der Waals surface area (Å²) < 4.78 is 46.7. The van der Waals surface area contributed by atoms with E-state index in [0.29, 0.717) is 28.6 Å². The van der Waals surface area contributed by atoms with Crippen LogP contribution in [0.1, 0.15) is 29.0 Å². The summed E-state index contributed by atoms with van der Waals surface area (Å²) in [6.07, 6.45) is -4.76. The molecule has 1 aromatic heterocycles. The van der Waals surface area contributed by atoms with Crippen molar-refractivity contribution in [3.8, 4) is 17.2 Å². The first-order valence-corrected chi connectivity index (χ1v) is 10.3. The Morgan fingerprint density at radius 3 is 2.38 bits per heavy atom. The molecular formula is C25H20F3N3O3. The first kappa shape index (κ1) is 22.9. The molecule has 1 atom stereocenters. The van der Waals surface area contributed by atoms with E-state index in [4.69, 9.17) is 10.5 Å². The van der Waals surface area contributed by atoms with Gasteiger partial charge in [0.25, 0.3) is 5.91 Å². The number of carbonyl (C=O) groups excluding carboxylic acids is 1. The maximum Gasteiger partial charge on any atom is 0.573 e. The van der Waals surface area contributed by atoms with Gasteiger partial charge in [-0.1, -0.05) is 18.2 Å². The first-order valence-electron chi connectivity index (χ1n) is 10.3. The zero-order valence-electron chi connectivity index (χ0n) is 18.0. The van der Waals surface area contributed by atoms with Crippen molar-refractivity contribution in [2.24, 2.45) is 0 Å². The molecule has 0 aliphatic rings. The second-order valence-corrected chi connectivity index (χ2v) is 7.50. The van der Waals surface area contributed by atoms with Crippen LogP contribution in [-0.4, -0.2) is 17.3 Å². The fourth-order valence-electron chi connectivity index (χ4n) is 3.38. The highest BCUT2D eigenvalue weighted by molar-refractivity contribution is 6.00. The molecule has 3 N–H and O–H groups in total. The van der Waals surface area contributed by atoms with E-state index >= 15 is 0 Å². The number of ether oxygens (including phenoxy) is 2. The Kier molecular flexibility index (Phi) is 6.27. The van der Waals surface area contributed by atoms with Gasteiger partial charge in [0.1, 0.15) is 23.1 Å². The van der Waals surface area contributed by atoms with Crippen LogP contribution in [0.3, 0.4) is 0 Å². The topological polar surface area (TPSA) is 86.5 Å². The fourth-order valence-corrected chi connectivity index (χ4v) is 3.38. The lowest BCUT2D eigenvalue weighted by atomic mass is 10.1. The third-order valence-corrected chi connectivity index (χ3v) is 4.97. The minimum Gasteiger partial charge on any atom is -0.457 e. The number of benzene rings is 3. The summed E-state index contributed by atoms with van der Waals surface area (Å²) in [4.78, 5) is 17.0. The predicted molar refractivity (Wildman–Crippen MR) is 122 cm³/mol. The average molecular weight is 467 g/mol. The highest BCUT2D eigenvalue weighted by atomic mass is 19.4. The molecule has 0 bridgehead atoms. The minimum absolute atomic E-state index is 0.273. The summed E-state index contributed by atoms with van der Waals surface area (Å²) in [6.45, 7) is 1.82. The van der Waals surface area contributed by atoms with Gasteiger partial charge in [0.15, 0.2) is 0 Å². The maximum atomic E-state index is 12.8. The number of nitrogens with one attached hydrogen (secondary N) is 1. The van der Waals surface area contributed by atoms with E-state index in [1.165, 1.54) is 24.3 Å². The fraction of sp³-hybridized carbons (Fsp3) is 0.120. The van der Waals surface area contributed by atoms with Gasteiger partial charge in [-0.05, 0) is 73.0 Å². The number of nitrogen functional groups attached to an aromatic ring is 1. The number of nitrogens with two attached hydrogens (primary N) is 1. The molecule has 0 saturated carbocycles. The van der Waals surface area contributed by atoms with Crippen LogP contribution >= 0.6 is 0 Å². The number of nitrogens with zero attached hydrogens (tertiary/aromatic N) is 1. The number of alkyl halides is 3. The number of hydrogen-bond acceptors (Lipinski definition) is 5. The number of rotatable bonds is 6. The molecule has 1 unspecified atom stereocenters. The van der Waals surface area contributed by atoms with Gasteiger partial charge in [-0.25, -0.2) is 4.98 Å². The highest BCUT2D eigenvalue weighted by Gasteiger charge is 2.31. The summed E-state index contributed by atoms with van der Waals surface area (Å²) in [5, 5.41) is 4.40. The highest BCUT2D eigenvalue weighted by Crippen LogP contribution is 2.32. The molecule has 0 aliphatic heterocycles. The van der Waals surface area contributed by atoms with Gasteiger partial charge in [0, 0.05) is 10.9 Å². The molecule has 6 nitrogen and oxygen atoms in total. The number of aromatic nitrogens is 1. The molecule has 0 spiro atoms. The predicted octanol–water partition coefficient (Wildman–Crippen LogP) is 6.00. The molecule has 174 valence electrons. The largest absolute Gasteiger partial charge is 0.573 e. The van der Waals surface area contributed by atoms with E-state index in [0.717, 1.165) is 10.8 Å². The van der Waals surface area contributed by atoms with Gasteiger partial charge in [-0.3, -0.25) is 4.79 Å². The number of halogens is 3. The molecule has 4 rings (SSSR count). The molecule has 34 heavy (non-hydrogen) atoms. The second-order valence-electron chi connectivity index (χ2n) is 7.50. The van der Waals surface area contributed by atoms with E-state index < -0.39 is 6.36 Å². The molecule has 0 fully saturated rings. The van der Waals surface area contributed by atoms with E-state index in [2.05, 4.69) is 15.0 Å². The molecular weight excluding hydrogens is 447 g/mol. The Hall–Kier alpha value is -4.27. The van der Waals surface area contributed by atoms with Crippen molar-refractivity contribution >= 4 is 22.5 Å². The number of anilines is 1. The molecule has 0 saturated heterocycles. The van der Waals surface area contributed by atoms with Crippen molar-refractivity contribution < 1.29 is 27.4 Å². The third-order valence-electron chi connectivity index (χ3n) is 4.97. The Morgan fingerprint density at radius 2 is 1.68 bits per heavy atom. The van der Waals surface area contributed by atoms with Gasteiger partial charge in [-0.2, -0.15) is 0 Å². The Bertz CT molecular complexity index is 1320. The molecule has 1 amide bonds. The van der Waals surface area contributed by atoms with Crippen molar-refractivity contribution in [2.45, 2.75) is 19.3 Å². The summed E-state index contributed by atoms with van der Waals surface area (Å²) >= 11 is 0. The van der Waals surface area contributed by atoms with Gasteiger partial charge in [-0.15, -0.1) is 13.2 Å². The molecule has 0 radical (unpaired) electrons. The first-order chi connectivity index (χ1) is 16.2. The van der Waals surface area contributed by atoms with Crippen molar-refractivity contribution in [1.29, 1.82) is 0 Å². The molecule has 1 heterocycles. The Morgan fingerprint density at radius 1 is 0.971 bits per heavy atom. The number of pyridine rings is 1. The molecule has 3 aromatic carbocycles. The van der Waals surface area contributed by atoms with Crippen molar-refractivity contribution in [3.05, 3.63) is 90.1 Å². The Balaban J connectivity index is 1.50. The van der Waals surface area contributed by atoms with Crippen LogP contribution < -0.4 is 20.5 Å². The van der Waals surface area contributed by atoms with Crippen LogP contribution in [0.4, 0.5) is 19.0 Å². The van der Waals surface area contributed by atoms with Crippen molar-refractivity contribution in [3.63, 3.8) is 0 Å². The summed E-state index contributed by atoms with van der Waals surface area (Å²) in [5.74, 6) is 0.596. The molecule has 4 aromatic rings. The number of carbonyl (C=O) groups is 1. The lowest BCUT2D eigenvalue weighted by Gasteiger charge is -2.15. The standard InChI is InChI=1S/C25H20F3N3O3/c1-15(21-5-3-7-23(29)31-21)30-24(32)17-8-13-20-16(14-17)4-2-6-22(20)33-18-9-11-19(12-10-18)34-25(26,27)28/h2-15H,1H3,(H2,29,31)(H,30,32). The lowest BCUT2D eigenvalue weighted by Crippen LogP contribution is -2.27. The van der Waals surface area contributed by atoms with Crippen molar-refractivity contribution in [1.82, 2.24) is 10.3 Å². The maximum absolute atomic E-state index is 12.8. The van der Waals surface area contributed by atoms with Crippen LogP contribution in [-0.2, 0) is 0 Å². The van der Waals surface area contributed by atoms with Gasteiger partial charge in [0.05, 0.1) is 11.7 Å². The van der Waals surface area contributed by atoms with Crippen LogP contribution in [0.2, 0.25) is 0 Å². The van der Waals surface area contributed by atoms with Crippen LogP contribution in [0, 0.1) is 0 Å². The quantitative estimate of drug-likeness (QED) is 0.363. The molecule has 0 aliphatic carbocycles. The van der Waals surface area contributed by atoms with E-state index in [1.807, 2.05) is 13.0 Å². The van der Waals surface area contributed by atoms with Crippen LogP contribution in [0.15, 0.2) is 78.9 Å². The van der Waals surface area contributed by atoms with E-state index in [1.54, 1.807) is 48.5 Å². The van der Waals surface area contributed by atoms with Gasteiger partial charge >= 0.3 is 6.36 Å². The van der Waals surface area contributed by atoms with Crippen LogP contribution in [0.5, 0.6) is 17.2 Å². The zero-order valence-corrected chi connectivity index (χ0v) is 18.0. The number of amides is 1. The Labute approximate surface area is 193 Å². The summed E-state index contributed by atoms with van der Waals surface area (Å²) in [5.41, 5.74) is 6.82. The van der Waals surface area contributed by atoms with Gasteiger partial charge in [0.2, 0.25) is 0 Å². The molecule has 9 heteroatoms. The average Bonchev–Trinajstić information content (AvgIpc) is 2.79. The normalized spacial score (nSPS) is 12.2. The number of hydrogen-bond donors (Lipinski definition) is 2. The van der Waals surface area contributed by atoms with Gasteiger partial charge < -0.3 is 20.5 Å².